The summed E-state index contributed by atoms with van der Waals surface area (Å²) in [5, 5.41) is 21.6. The molecule has 34 valence electrons. The highest BCUT2D eigenvalue weighted by Gasteiger charge is 1.39. The molecule has 0 aliphatic rings. The third-order valence-electron chi connectivity index (χ3n) is 0.0500. The zero-order valence-corrected chi connectivity index (χ0v) is 3.42. The standard InChI is InChI=1S/C2N2.CH2N2/c3-1-2-4;2-1-3/h;2H2. The normalized spacial score (nSPS) is 2.43. The van der Waals surface area contributed by atoms with Crippen molar-refractivity contribution in [2.24, 2.45) is 5.73 Å². The molecule has 0 saturated carbocycles. The highest BCUT2D eigenvalue weighted by molar-refractivity contribution is 4.99. The van der Waals surface area contributed by atoms with E-state index in [-0.39, 0.29) is 0 Å². The van der Waals surface area contributed by atoms with Crippen molar-refractivity contribution in [1.29, 1.82) is 15.8 Å². The van der Waals surface area contributed by atoms with Crippen molar-refractivity contribution in [2.75, 3.05) is 0 Å². The molecule has 0 unspecified atom stereocenters. The second-order valence-electron chi connectivity index (χ2n) is 0.353. The summed E-state index contributed by atoms with van der Waals surface area (Å²) in [6.07, 6.45) is 1.25. The Balaban J connectivity index is 0. The highest BCUT2D eigenvalue weighted by atomic mass is 14.5. The largest absolute Gasteiger partial charge is 0.337 e. The maximum atomic E-state index is 7.26. The Bertz CT molecular complexity index is 116. The van der Waals surface area contributed by atoms with Crippen LogP contribution in [0.25, 0.3) is 0 Å². The van der Waals surface area contributed by atoms with Gasteiger partial charge < -0.3 is 5.73 Å². The van der Waals surface area contributed by atoms with Crippen LogP contribution in [0.2, 0.25) is 0 Å². The van der Waals surface area contributed by atoms with E-state index in [1.165, 1.54) is 18.3 Å². The topological polar surface area (TPSA) is 97.4 Å². The third kappa shape index (κ3) is 41.3. The lowest BCUT2D eigenvalue weighted by Gasteiger charge is -1.24. The zero-order chi connectivity index (χ0) is 6.12. The molecular formula is C3H2N4. The van der Waals surface area contributed by atoms with E-state index in [9.17, 15) is 0 Å². The lowest BCUT2D eigenvalue weighted by atomic mass is 10.9. The van der Waals surface area contributed by atoms with Gasteiger partial charge in [-0.05, 0) is 0 Å². The first kappa shape index (κ1) is 8.99. The van der Waals surface area contributed by atoms with Gasteiger partial charge in [0.2, 0.25) is 0 Å². The average molecular weight is 94.1 g/mol. The first-order valence-electron chi connectivity index (χ1n) is 1.21. The summed E-state index contributed by atoms with van der Waals surface area (Å²) >= 11 is 0. The van der Waals surface area contributed by atoms with Crippen LogP contribution in [-0.2, 0) is 0 Å². The predicted octanol–water partition coefficient (Wildman–Crippen LogP) is -0.540. The number of nitrogens with two attached hydrogens (primary N) is 1. The Morgan fingerprint density at radius 3 is 1.14 bits per heavy atom. The first-order valence-corrected chi connectivity index (χ1v) is 1.21. The van der Waals surface area contributed by atoms with Crippen LogP contribution in [-0.4, -0.2) is 0 Å². The summed E-state index contributed by atoms with van der Waals surface area (Å²) in [6.45, 7) is 0. The lowest BCUT2D eigenvalue weighted by Crippen LogP contribution is -1.69. The van der Waals surface area contributed by atoms with Gasteiger partial charge in [0, 0.05) is 0 Å². The molecular weight excluding hydrogens is 92.1 g/mol. The van der Waals surface area contributed by atoms with Gasteiger partial charge in [-0.25, -0.2) is 0 Å². The Morgan fingerprint density at radius 1 is 1.00 bits per heavy atom. The van der Waals surface area contributed by atoms with E-state index in [1.807, 2.05) is 0 Å². The quantitative estimate of drug-likeness (QED) is 0.322. The molecule has 0 aliphatic carbocycles. The fourth-order valence-corrected chi connectivity index (χ4v) is 0. The molecule has 4 heteroatoms. The lowest BCUT2D eigenvalue weighted by molar-refractivity contribution is 1.45. The summed E-state index contributed by atoms with van der Waals surface area (Å²) in [5.74, 6) is 0. The maximum absolute atomic E-state index is 7.26. The van der Waals surface area contributed by atoms with Gasteiger partial charge in [-0.2, -0.15) is 15.8 Å². The minimum atomic E-state index is 1.24. The molecule has 0 heterocycles. The van der Waals surface area contributed by atoms with E-state index < -0.39 is 0 Å². The van der Waals surface area contributed by atoms with Crippen LogP contribution in [0.3, 0.4) is 0 Å². The monoisotopic (exact) mass is 94.0 g/mol. The molecule has 0 bridgehead atoms. The fraction of sp³-hybridized carbons (Fsp3) is 0. The molecule has 0 aromatic carbocycles. The van der Waals surface area contributed by atoms with E-state index in [4.69, 9.17) is 15.8 Å². The molecule has 0 amide bonds. The molecule has 0 radical (unpaired) electrons. The third-order valence-corrected chi connectivity index (χ3v) is 0.0500. The molecule has 7 heavy (non-hydrogen) atoms. The highest BCUT2D eigenvalue weighted by Crippen LogP contribution is 1.27. The van der Waals surface area contributed by atoms with Gasteiger partial charge in [0.05, 0.1) is 0 Å². The second-order valence-corrected chi connectivity index (χ2v) is 0.353. The van der Waals surface area contributed by atoms with Crippen LogP contribution >= 0.6 is 0 Å². The molecule has 0 spiro atoms. The molecule has 0 saturated heterocycles. The fourth-order valence-electron chi connectivity index (χ4n) is 0. The van der Waals surface area contributed by atoms with Gasteiger partial charge in [-0.1, -0.05) is 0 Å². The number of nitriles is 3. The summed E-state index contributed by atoms with van der Waals surface area (Å²) in [4.78, 5) is 0. The molecule has 4 nitrogen and oxygen atoms in total. The van der Waals surface area contributed by atoms with E-state index in [0.29, 0.717) is 0 Å². The van der Waals surface area contributed by atoms with Crippen LogP contribution in [0.15, 0.2) is 0 Å². The minimum absolute atomic E-state index is 1.24. The summed E-state index contributed by atoms with van der Waals surface area (Å²) in [7, 11) is 0. The molecule has 0 aromatic rings. The van der Waals surface area contributed by atoms with Crippen LogP contribution < -0.4 is 5.73 Å². The van der Waals surface area contributed by atoms with Crippen molar-refractivity contribution >= 4 is 0 Å². The van der Waals surface area contributed by atoms with Crippen molar-refractivity contribution in [3.63, 3.8) is 0 Å². The molecule has 0 aliphatic heterocycles. The number of hydrogen-bond donors (Lipinski definition) is 1. The van der Waals surface area contributed by atoms with Crippen molar-refractivity contribution in [3.8, 4) is 18.3 Å². The predicted molar refractivity (Wildman–Crippen MR) is 21.0 cm³/mol. The van der Waals surface area contributed by atoms with E-state index in [2.05, 4.69) is 5.73 Å². The SMILES string of the molecule is N#CC#N.N#CN. The minimum Gasteiger partial charge on any atom is -0.337 e. The molecule has 0 aromatic heterocycles. The van der Waals surface area contributed by atoms with E-state index >= 15 is 0 Å². The van der Waals surface area contributed by atoms with Crippen LogP contribution in [0, 0.1) is 34.1 Å². The Kier molecular flexibility index (Phi) is 36.3. The van der Waals surface area contributed by atoms with Gasteiger partial charge in [-0.3, -0.25) is 0 Å². The van der Waals surface area contributed by atoms with Gasteiger partial charge >= 0.3 is 0 Å². The molecule has 0 fully saturated rings. The van der Waals surface area contributed by atoms with Crippen LogP contribution in [0.5, 0.6) is 0 Å². The van der Waals surface area contributed by atoms with E-state index in [1.54, 1.807) is 0 Å². The summed E-state index contributed by atoms with van der Waals surface area (Å²) < 4.78 is 0. The Hall–Kier alpha value is -1.73. The molecule has 0 rings (SSSR count). The van der Waals surface area contributed by atoms with Crippen LogP contribution in [0.4, 0.5) is 0 Å². The van der Waals surface area contributed by atoms with Crippen molar-refractivity contribution in [3.05, 3.63) is 0 Å². The zero-order valence-electron chi connectivity index (χ0n) is 3.42. The number of rotatable bonds is 0. The van der Waals surface area contributed by atoms with Crippen molar-refractivity contribution in [1.82, 2.24) is 0 Å². The van der Waals surface area contributed by atoms with Crippen LogP contribution in [0.1, 0.15) is 0 Å². The number of nitrogens with zero attached hydrogens (tertiary/aromatic N) is 3. The first-order chi connectivity index (χ1) is 3.33. The number of hydrogen-bond acceptors (Lipinski definition) is 4. The van der Waals surface area contributed by atoms with Gasteiger partial charge in [0.15, 0.2) is 18.3 Å². The van der Waals surface area contributed by atoms with Gasteiger partial charge in [0.1, 0.15) is 0 Å². The van der Waals surface area contributed by atoms with E-state index in [0.717, 1.165) is 0 Å². The summed E-state index contributed by atoms with van der Waals surface area (Å²) in [6, 6.07) is 2.47. The second kappa shape index (κ2) is 28.3. The van der Waals surface area contributed by atoms with Gasteiger partial charge in [-0.15, -0.1) is 0 Å². The average Bonchev–Trinajstić information content (AvgIpc) is 1.69. The maximum Gasteiger partial charge on any atom is 0.181 e. The van der Waals surface area contributed by atoms with Crippen molar-refractivity contribution in [2.45, 2.75) is 0 Å². The Morgan fingerprint density at radius 2 is 1.14 bits per heavy atom. The molecule has 2 N–H and O–H groups in total. The summed E-state index contributed by atoms with van der Waals surface area (Å²) in [5.41, 5.74) is 4.15. The van der Waals surface area contributed by atoms with Crippen molar-refractivity contribution < 1.29 is 0 Å². The Labute approximate surface area is 41.0 Å². The smallest absolute Gasteiger partial charge is 0.181 e. The molecule has 0 atom stereocenters. The van der Waals surface area contributed by atoms with Gasteiger partial charge in [0.25, 0.3) is 0 Å².